The SMILES string of the molecule is CCOc1ccc2oc(=O)cc(CN3CCN(CC(=O)N4CCC[C@@H](C)C4)CC3)c2c1. The predicted octanol–water partition coefficient (Wildman–Crippen LogP) is 2.57. The molecule has 2 fully saturated rings. The van der Waals surface area contributed by atoms with Crippen molar-refractivity contribution in [3.8, 4) is 5.75 Å². The number of likely N-dealkylation sites (tertiary alicyclic amines) is 1. The Hall–Kier alpha value is -2.38. The molecule has 7 heteroatoms. The lowest BCUT2D eigenvalue weighted by atomic mass is 10.0. The highest BCUT2D eigenvalue weighted by molar-refractivity contribution is 5.81. The van der Waals surface area contributed by atoms with Crippen molar-refractivity contribution in [1.29, 1.82) is 0 Å². The van der Waals surface area contributed by atoms with Crippen LogP contribution in [0.1, 0.15) is 32.3 Å². The van der Waals surface area contributed by atoms with Gasteiger partial charge in [0, 0.05) is 57.3 Å². The molecule has 0 saturated carbocycles. The number of rotatable bonds is 6. The van der Waals surface area contributed by atoms with Gasteiger partial charge in [0.05, 0.1) is 13.2 Å². The minimum atomic E-state index is -0.327. The minimum Gasteiger partial charge on any atom is -0.494 e. The molecule has 31 heavy (non-hydrogen) atoms. The molecular weight excluding hydrogens is 394 g/mol. The first-order valence-corrected chi connectivity index (χ1v) is 11.4. The summed E-state index contributed by atoms with van der Waals surface area (Å²) in [7, 11) is 0. The Morgan fingerprint density at radius 2 is 1.90 bits per heavy atom. The minimum absolute atomic E-state index is 0.259. The Morgan fingerprint density at radius 1 is 1.13 bits per heavy atom. The summed E-state index contributed by atoms with van der Waals surface area (Å²) in [4.78, 5) is 31.3. The fraction of sp³-hybridized carbons (Fsp3) is 0.583. The van der Waals surface area contributed by atoms with Gasteiger partial charge in [0.15, 0.2) is 0 Å². The quantitative estimate of drug-likeness (QED) is 0.660. The van der Waals surface area contributed by atoms with E-state index in [0.29, 0.717) is 31.2 Å². The molecule has 0 spiro atoms. The van der Waals surface area contributed by atoms with Crippen LogP contribution in [0.3, 0.4) is 0 Å². The smallest absolute Gasteiger partial charge is 0.336 e. The average Bonchev–Trinajstić information content (AvgIpc) is 2.75. The van der Waals surface area contributed by atoms with E-state index in [4.69, 9.17) is 9.15 Å². The Bertz CT molecular complexity index is 965. The highest BCUT2D eigenvalue weighted by Gasteiger charge is 2.25. The number of hydrogen-bond acceptors (Lipinski definition) is 6. The molecule has 0 N–H and O–H groups in total. The molecular formula is C24H33N3O4. The van der Waals surface area contributed by atoms with Gasteiger partial charge in [0.1, 0.15) is 11.3 Å². The van der Waals surface area contributed by atoms with Crippen molar-refractivity contribution in [1.82, 2.24) is 14.7 Å². The van der Waals surface area contributed by atoms with Crippen molar-refractivity contribution in [3.05, 3.63) is 40.2 Å². The van der Waals surface area contributed by atoms with E-state index in [-0.39, 0.29) is 11.5 Å². The topological polar surface area (TPSA) is 66.2 Å². The largest absolute Gasteiger partial charge is 0.494 e. The lowest BCUT2D eigenvalue weighted by Crippen LogP contribution is -2.51. The van der Waals surface area contributed by atoms with Gasteiger partial charge in [-0.2, -0.15) is 0 Å². The van der Waals surface area contributed by atoms with E-state index in [0.717, 1.165) is 62.4 Å². The number of piperazine rings is 1. The van der Waals surface area contributed by atoms with E-state index in [9.17, 15) is 9.59 Å². The molecule has 1 aromatic heterocycles. The Kier molecular flexibility index (Phi) is 6.92. The number of carbonyl (C=O) groups excluding carboxylic acids is 1. The van der Waals surface area contributed by atoms with E-state index in [2.05, 4.69) is 16.7 Å². The fourth-order valence-corrected chi connectivity index (χ4v) is 4.65. The lowest BCUT2D eigenvalue weighted by molar-refractivity contribution is -0.134. The van der Waals surface area contributed by atoms with Crippen LogP contribution in [0.4, 0.5) is 0 Å². The Balaban J connectivity index is 1.36. The van der Waals surface area contributed by atoms with Crippen LogP contribution >= 0.6 is 0 Å². The van der Waals surface area contributed by atoms with Crippen LogP contribution in [0.2, 0.25) is 0 Å². The van der Waals surface area contributed by atoms with E-state index >= 15 is 0 Å². The molecule has 2 aliphatic heterocycles. The second-order valence-corrected chi connectivity index (χ2v) is 8.82. The molecule has 2 aromatic rings. The highest BCUT2D eigenvalue weighted by atomic mass is 16.5. The van der Waals surface area contributed by atoms with Gasteiger partial charge < -0.3 is 14.1 Å². The zero-order valence-corrected chi connectivity index (χ0v) is 18.6. The Morgan fingerprint density at radius 3 is 2.65 bits per heavy atom. The summed E-state index contributed by atoms with van der Waals surface area (Å²) in [5, 5.41) is 0.919. The van der Waals surface area contributed by atoms with Gasteiger partial charge in [-0.15, -0.1) is 0 Å². The summed E-state index contributed by atoms with van der Waals surface area (Å²) >= 11 is 0. The summed E-state index contributed by atoms with van der Waals surface area (Å²) in [5.74, 6) is 1.65. The molecule has 1 atom stereocenters. The van der Waals surface area contributed by atoms with Gasteiger partial charge in [-0.3, -0.25) is 14.6 Å². The van der Waals surface area contributed by atoms with Gasteiger partial charge >= 0.3 is 5.63 Å². The van der Waals surface area contributed by atoms with Gasteiger partial charge in [0.25, 0.3) is 0 Å². The normalized spacial score (nSPS) is 20.8. The maximum Gasteiger partial charge on any atom is 0.336 e. The van der Waals surface area contributed by atoms with E-state index in [1.807, 2.05) is 24.0 Å². The third-order valence-corrected chi connectivity index (χ3v) is 6.34. The van der Waals surface area contributed by atoms with Crippen LogP contribution in [0, 0.1) is 5.92 Å². The maximum atomic E-state index is 12.7. The summed E-state index contributed by atoms with van der Waals surface area (Å²) in [6, 6.07) is 7.17. The van der Waals surface area contributed by atoms with E-state index in [1.165, 1.54) is 6.42 Å². The van der Waals surface area contributed by atoms with Gasteiger partial charge in [0.2, 0.25) is 5.91 Å². The van der Waals surface area contributed by atoms with Crippen molar-refractivity contribution in [2.45, 2.75) is 33.2 Å². The third-order valence-electron chi connectivity index (χ3n) is 6.34. The molecule has 1 aromatic carbocycles. The Labute approximate surface area is 183 Å². The zero-order valence-electron chi connectivity index (χ0n) is 18.6. The molecule has 1 amide bonds. The summed E-state index contributed by atoms with van der Waals surface area (Å²) < 4.78 is 11.0. The molecule has 0 unspecified atom stereocenters. The molecule has 4 rings (SSSR count). The standard InChI is InChI=1S/C24H33N3O4/c1-3-30-20-6-7-22-21(14-20)19(13-24(29)31-22)16-25-9-11-26(12-10-25)17-23(28)27-8-4-5-18(2)15-27/h6-7,13-14,18H,3-5,8-12,15-17H2,1-2H3/t18-/m1/s1. The number of piperidine rings is 1. The zero-order chi connectivity index (χ0) is 21.8. The molecule has 2 saturated heterocycles. The number of fused-ring (bicyclic) bond motifs is 1. The molecule has 168 valence electrons. The molecule has 7 nitrogen and oxygen atoms in total. The van der Waals surface area contributed by atoms with Crippen molar-refractivity contribution >= 4 is 16.9 Å². The van der Waals surface area contributed by atoms with E-state index < -0.39 is 0 Å². The number of benzene rings is 1. The average molecular weight is 428 g/mol. The van der Waals surface area contributed by atoms with Gasteiger partial charge in [-0.1, -0.05) is 6.92 Å². The number of nitrogens with zero attached hydrogens (tertiary/aromatic N) is 3. The summed E-state index contributed by atoms with van der Waals surface area (Å²) in [6.07, 6.45) is 2.34. The monoisotopic (exact) mass is 427 g/mol. The van der Waals surface area contributed by atoms with E-state index in [1.54, 1.807) is 12.1 Å². The van der Waals surface area contributed by atoms with Crippen LogP contribution in [0.15, 0.2) is 33.5 Å². The lowest BCUT2D eigenvalue weighted by Gasteiger charge is -2.37. The molecule has 3 heterocycles. The van der Waals surface area contributed by atoms with Crippen LogP contribution in [-0.4, -0.2) is 73.0 Å². The van der Waals surface area contributed by atoms with Crippen molar-refractivity contribution in [3.63, 3.8) is 0 Å². The summed E-state index contributed by atoms with van der Waals surface area (Å²) in [5.41, 5.74) is 1.22. The first-order valence-electron chi connectivity index (χ1n) is 11.4. The molecule has 0 aliphatic carbocycles. The second kappa shape index (κ2) is 9.83. The third kappa shape index (κ3) is 5.46. The number of carbonyl (C=O) groups is 1. The summed E-state index contributed by atoms with van der Waals surface area (Å²) in [6.45, 7) is 11.2. The molecule has 0 bridgehead atoms. The van der Waals surface area contributed by atoms with Crippen LogP contribution in [0.25, 0.3) is 11.0 Å². The van der Waals surface area contributed by atoms with Crippen LogP contribution < -0.4 is 10.4 Å². The first kappa shape index (κ1) is 21.8. The molecule has 0 radical (unpaired) electrons. The number of ether oxygens (including phenoxy) is 1. The predicted molar refractivity (Wildman–Crippen MR) is 120 cm³/mol. The van der Waals surface area contributed by atoms with Crippen LogP contribution in [-0.2, 0) is 11.3 Å². The van der Waals surface area contributed by atoms with Crippen LogP contribution in [0.5, 0.6) is 5.75 Å². The van der Waals surface area contributed by atoms with Gasteiger partial charge in [-0.25, -0.2) is 4.79 Å². The molecule has 2 aliphatic rings. The number of amides is 1. The fourth-order valence-electron chi connectivity index (χ4n) is 4.65. The van der Waals surface area contributed by atoms with Crippen molar-refractivity contribution in [2.75, 3.05) is 52.4 Å². The maximum absolute atomic E-state index is 12.7. The number of hydrogen-bond donors (Lipinski definition) is 0. The van der Waals surface area contributed by atoms with Gasteiger partial charge in [-0.05, 0) is 49.4 Å². The first-order chi connectivity index (χ1) is 15.0. The second-order valence-electron chi connectivity index (χ2n) is 8.82. The highest BCUT2D eigenvalue weighted by Crippen LogP contribution is 2.24. The van der Waals surface area contributed by atoms with Crippen molar-refractivity contribution < 1.29 is 13.9 Å². The van der Waals surface area contributed by atoms with Crippen molar-refractivity contribution in [2.24, 2.45) is 5.92 Å².